The van der Waals surface area contributed by atoms with Crippen molar-refractivity contribution in [2.45, 2.75) is 51.9 Å². The highest BCUT2D eigenvalue weighted by Crippen LogP contribution is 2.14. The molecular formula is C11H18O4-2. The van der Waals surface area contributed by atoms with Crippen LogP contribution in [0.4, 0.5) is 0 Å². The molecule has 1 unspecified atom stereocenters. The topological polar surface area (TPSA) is 80.3 Å². The molecule has 0 fully saturated rings. The van der Waals surface area contributed by atoms with Crippen LogP contribution in [0.25, 0.3) is 0 Å². The first-order valence-electron chi connectivity index (χ1n) is 5.48. The number of carbonyl (C=O) groups excluding carboxylic acids is 2. The van der Waals surface area contributed by atoms with E-state index < -0.39 is 24.3 Å². The summed E-state index contributed by atoms with van der Waals surface area (Å²) in [5, 5.41) is 20.8. The van der Waals surface area contributed by atoms with Crippen LogP contribution in [0.2, 0.25) is 0 Å². The maximum absolute atomic E-state index is 10.6. The average molecular weight is 214 g/mol. The second-order valence-corrected chi connectivity index (χ2v) is 3.79. The first-order chi connectivity index (χ1) is 7.07. The third-order valence-corrected chi connectivity index (χ3v) is 2.40. The molecule has 88 valence electrons. The van der Waals surface area contributed by atoms with Gasteiger partial charge >= 0.3 is 0 Å². The molecule has 0 aliphatic carbocycles. The number of carbonyl (C=O) groups is 2. The number of carboxylic acids is 2. The van der Waals surface area contributed by atoms with E-state index in [1.807, 2.05) is 0 Å². The van der Waals surface area contributed by atoms with Gasteiger partial charge in [0.1, 0.15) is 0 Å². The molecule has 0 spiro atoms. The summed E-state index contributed by atoms with van der Waals surface area (Å²) in [4.78, 5) is 20.8. The largest absolute Gasteiger partial charge is 0.550 e. The lowest BCUT2D eigenvalue weighted by molar-refractivity contribution is -0.321. The summed E-state index contributed by atoms with van der Waals surface area (Å²) in [6, 6.07) is 0. The molecule has 0 aliphatic rings. The van der Waals surface area contributed by atoms with Crippen molar-refractivity contribution < 1.29 is 19.8 Å². The number of carboxylic acid groups (broad SMARTS) is 2. The summed E-state index contributed by atoms with van der Waals surface area (Å²) < 4.78 is 0. The van der Waals surface area contributed by atoms with Gasteiger partial charge in [-0.2, -0.15) is 0 Å². The third kappa shape index (κ3) is 7.97. The zero-order valence-corrected chi connectivity index (χ0v) is 9.16. The van der Waals surface area contributed by atoms with E-state index in [4.69, 9.17) is 0 Å². The molecule has 0 saturated heterocycles. The summed E-state index contributed by atoms with van der Waals surface area (Å²) in [6.45, 7) is 2.10. The number of hydrogen-bond donors (Lipinski definition) is 0. The smallest absolute Gasteiger partial charge is 0.0449 e. The number of rotatable bonds is 9. The van der Waals surface area contributed by atoms with Crippen LogP contribution in [-0.2, 0) is 9.59 Å². The molecule has 0 aliphatic heterocycles. The van der Waals surface area contributed by atoms with E-state index in [0.29, 0.717) is 6.42 Å². The fourth-order valence-corrected chi connectivity index (χ4v) is 1.50. The first-order valence-corrected chi connectivity index (χ1v) is 5.48. The van der Waals surface area contributed by atoms with Gasteiger partial charge in [0.2, 0.25) is 0 Å². The lowest BCUT2D eigenvalue weighted by atomic mass is 9.97. The van der Waals surface area contributed by atoms with Crippen molar-refractivity contribution in [2.75, 3.05) is 0 Å². The Morgan fingerprint density at radius 1 is 1.07 bits per heavy atom. The molecule has 4 heteroatoms. The van der Waals surface area contributed by atoms with Crippen molar-refractivity contribution in [1.29, 1.82) is 0 Å². The monoisotopic (exact) mass is 214 g/mol. The maximum atomic E-state index is 10.6. The average Bonchev–Trinajstić information content (AvgIpc) is 2.15. The number of aliphatic carboxylic acids is 2. The van der Waals surface area contributed by atoms with E-state index in [1.54, 1.807) is 0 Å². The minimum Gasteiger partial charge on any atom is -0.550 e. The van der Waals surface area contributed by atoms with Gasteiger partial charge in [0.15, 0.2) is 0 Å². The van der Waals surface area contributed by atoms with E-state index in [0.717, 1.165) is 32.1 Å². The van der Waals surface area contributed by atoms with Crippen molar-refractivity contribution in [2.24, 2.45) is 5.92 Å². The van der Waals surface area contributed by atoms with Crippen molar-refractivity contribution >= 4 is 11.9 Å². The fraction of sp³-hybridized carbons (Fsp3) is 0.818. The van der Waals surface area contributed by atoms with Gasteiger partial charge in [0.25, 0.3) is 0 Å². The Balaban J connectivity index is 3.67. The summed E-state index contributed by atoms with van der Waals surface area (Å²) in [7, 11) is 0. The van der Waals surface area contributed by atoms with Gasteiger partial charge in [-0.25, -0.2) is 0 Å². The van der Waals surface area contributed by atoms with Crippen LogP contribution in [0.5, 0.6) is 0 Å². The summed E-state index contributed by atoms with van der Waals surface area (Å²) in [5.41, 5.74) is 0. The quantitative estimate of drug-likeness (QED) is 0.500. The van der Waals surface area contributed by atoms with Gasteiger partial charge in [-0.05, 0) is 12.8 Å². The molecule has 1 atom stereocenters. The van der Waals surface area contributed by atoms with Crippen LogP contribution >= 0.6 is 0 Å². The third-order valence-electron chi connectivity index (χ3n) is 2.40. The minimum absolute atomic E-state index is 0.375. The Morgan fingerprint density at radius 3 is 2.13 bits per heavy atom. The van der Waals surface area contributed by atoms with Crippen molar-refractivity contribution in [3.63, 3.8) is 0 Å². The molecule has 0 aromatic rings. The maximum Gasteiger partial charge on any atom is 0.0449 e. The molecule has 0 saturated carbocycles. The summed E-state index contributed by atoms with van der Waals surface area (Å²) in [5.74, 6) is -3.50. The molecule has 0 bridgehead atoms. The Morgan fingerprint density at radius 2 is 1.67 bits per heavy atom. The van der Waals surface area contributed by atoms with E-state index in [9.17, 15) is 19.8 Å². The summed E-state index contributed by atoms with van der Waals surface area (Å²) in [6.07, 6.45) is 4.97. The molecule has 0 aromatic heterocycles. The van der Waals surface area contributed by atoms with Crippen molar-refractivity contribution in [3.05, 3.63) is 0 Å². The summed E-state index contributed by atoms with van der Waals surface area (Å²) >= 11 is 0. The van der Waals surface area contributed by atoms with E-state index in [-0.39, 0.29) is 0 Å². The highest BCUT2D eigenvalue weighted by molar-refractivity contribution is 5.75. The van der Waals surface area contributed by atoms with Gasteiger partial charge in [-0.15, -0.1) is 0 Å². The van der Waals surface area contributed by atoms with Crippen LogP contribution in [0, 0.1) is 5.92 Å². The predicted octanol–water partition coefficient (Wildman–Crippen LogP) is -0.147. The Labute approximate surface area is 90.3 Å². The molecule has 4 nitrogen and oxygen atoms in total. The van der Waals surface area contributed by atoms with Crippen molar-refractivity contribution in [1.82, 2.24) is 0 Å². The molecule has 0 N–H and O–H groups in total. The van der Waals surface area contributed by atoms with E-state index >= 15 is 0 Å². The van der Waals surface area contributed by atoms with Crippen LogP contribution in [0.15, 0.2) is 0 Å². The molecule has 15 heavy (non-hydrogen) atoms. The Bertz CT molecular complexity index is 201. The van der Waals surface area contributed by atoms with Crippen LogP contribution in [0.1, 0.15) is 51.9 Å². The van der Waals surface area contributed by atoms with Gasteiger partial charge in [-0.3, -0.25) is 0 Å². The highest BCUT2D eigenvalue weighted by Gasteiger charge is 2.09. The minimum atomic E-state index is -1.32. The van der Waals surface area contributed by atoms with Gasteiger partial charge in [0, 0.05) is 17.9 Å². The first kappa shape index (κ1) is 13.9. The normalized spacial score (nSPS) is 12.3. The van der Waals surface area contributed by atoms with Crippen LogP contribution < -0.4 is 10.2 Å². The molecule has 0 radical (unpaired) electrons. The lowest BCUT2D eigenvalue weighted by Gasteiger charge is -2.18. The molecule has 0 heterocycles. The van der Waals surface area contributed by atoms with E-state index in [2.05, 4.69) is 6.92 Å². The zero-order chi connectivity index (χ0) is 11.7. The molecule has 0 amide bonds. The van der Waals surface area contributed by atoms with Crippen LogP contribution in [-0.4, -0.2) is 11.9 Å². The van der Waals surface area contributed by atoms with E-state index in [1.165, 1.54) is 0 Å². The molecule has 0 aromatic carbocycles. The second-order valence-electron chi connectivity index (χ2n) is 3.79. The lowest BCUT2D eigenvalue weighted by Crippen LogP contribution is -2.36. The molecular weight excluding hydrogens is 196 g/mol. The Kier molecular flexibility index (Phi) is 7.68. The fourth-order valence-electron chi connectivity index (χ4n) is 1.50. The predicted molar refractivity (Wildman–Crippen MR) is 51.5 cm³/mol. The number of hydrogen-bond acceptors (Lipinski definition) is 4. The highest BCUT2D eigenvalue weighted by atomic mass is 16.4. The SMILES string of the molecule is CCCCCCCC(CC(=O)[O-])C(=O)[O-]. The second kappa shape index (κ2) is 8.26. The number of unbranched alkanes of at least 4 members (excludes halogenated alkanes) is 4. The van der Waals surface area contributed by atoms with Crippen LogP contribution in [0.3, 0.4) is 0 Å². The Hall–Kier alpha value is -1.06. The zero-order valence-electron chi connectivity index (χ0n) is 9.16. The standard InChI is InChI=1S/C11H20O4/c1-2-3-4-5-6-7-9(11(14)15)8-10(12)13/h9H,2-8H2,1H3,(H,12,13)(H,14,15)/p-2. The van der Waals surface area contributed by atoms with Crippen molar-refractivity contribution in [3.8, 4) is 0 Å². The van der Waals surface area contributed by atoms with Gasteiger partial charge in [0.05, 0.1) is 0 Å². The molecule has 0 rings (SSSR count). The van der Waals surface area contributed by atoms with Gasteiger partial charge in [-0.1, -0.05) is 39.0 Å². The van der Waals surface area contributed by atoms with Gasteiger partial charge < -0.3 is 19.8 Å².